The third-order valence-electron chi connectivity index (χ3n) is 5.06. The number of halogens is 2. The van der Waals surface area contributed by atoms with Crippen molar-refractivity contribution < 1.29 is 14.7 Å². The molecule has 9 heteroatoms. The molecule has 0 amide bonds. The molecule has 158 valence electrons. The van der Waals surface area contributed by atoms with Crippen molar-refractivity contribution >= 4 is 57.3 Å². The molecular formula is C22H17Cl2N3O4. The van der Waals surface area contributed by atoms with Gasteiger partial charge in [-0.2, -0.15) is 0 Å². The van der Waals surface area contributed by atoms with Gasteiger partial charge in [0.05, 0.1) is 16.8 Å². The number of carboxylic acids is 1. The fourth-order valence-electron chi connectivity index (χ4n) is 3.68. The molecule has 4 aromatic rings. The van der Waals surface area contributed by atoms with Crippen molar-refractivity contribution in [2.24, 2.45) is 19.3 Å². The maximum Gasteiger partial charge on any atom is 0.344 e. The van der Waals surface area contributed by atoms with Crippen molar-refractivity contribution in [2.45, 2.75) is 0 Å². The van der Waals surface area contributed by atoms with Crippen LogP contribution in [0.25, 0.3) is 33.1 Å². The zero-order valence-electron chi connectivity index (χ0n) is 16.6. The number of hydrogen-bond acceptors (Lipinski definition) is 4. The third-order valence-corrected chi connectivity index (χ3v) is 5.61. The average Bonchev–Trinajstić information content (AvgIpc) is 3.00. The Hall–Kier alpha value is -3.29. The van der Waals surface area contributed by atoms with Crippen LogP contribution in [0.3, 0.4) is 0 Å². The summed E-state index contributed by atoms with van der Waals surface area (Å²) in [5, 5.41) is 15.0. The molecule has 2 heterocycles. The molecule has 0 atom stereocenters. The number of aromatic nitrogens is 2. The maximum absolute atomic E-state index is 13.1. The summed E-state index contributed by atoms with van der Waals surface area (Å²) < 4.78 is 3.54. The lowest BCUT2D eigenvalue weighted by molar-refractivity contribution is -0.142. The van der Waals surface area contributed by atoms with Crippen LogP contribution in [0.2, 0.25) is 10.0 Å². The predicted octanol–water partition coefficient (Wildman–Crippen LogP) is 4.44. The molecule has 7 nitrogen and oxygen atoms in total. The summed E-state index contributed by atoms with van der Waals surface area (Å²) in [4.78, 5) is 28.4. The van der Waals surface area contributed by atoms with Crippen LogP contribution >= 0.6 is 23.2 Å². The Kier molecular flexibility index (Phi) is 5.47. The average molecular weight is 458 g/mol. The summed E-state index contributed by atoms with van der Waals surface area (Å²) in [6.07, 6.45) is 1.44. The van der Waals surface area contributed by atoms with Crippen LogP contribution in [0.5, 0.6) is 0 Å². The normalized spacial score (nSPS) is 11.6. The largest absolute Gasteiger partial charge is 0.479 e. The van der Waals surface area contributed by atoms with Crippen molar-refractivity contribution in [3.05, 3.63) is 68.4 Å². The van der Waals surface area contributed by atoms with Gasteiger partial charge in [0.25, 0.3) is 5.56 Å². The van der Waals surface area contributed by atoms with Gasteiger partial charge in [-0.1, -0.05) is 40.5 Å². The number of hydrogen-bond donors (Lipinski definition) is 1. The molecular weight excluding hydrogens is 441 g/mol. The monoisotopic (exact) mass is 457 g/mol. The topological polar surface area (TPSA) is 85.8 Å². The van der Waals surface area contributed by atoms with Crippen LogP contribution < -0.4 is 5.56 Å². The highest BCUT2D eigenvalue weighted by molar-refractivity contribution is 6.36. The standard InChI is InChI=1S/C22H17Cl2N3O4/c1-26-19-6-3-12(10-25-31-11-20(28)29)7-15(19)16-9-17(22(30)27(2)21(16)26)14-5-4-13(23)8-18(14)24/h3-10H,11H2,1-2H3,(H,28,29)/b25-10-. The molecule has 0 aliphatic carbocycles. The number of pyridine rings is 1. The Labute approximate surface area is 186 Å². The highest BCUT2D eigenvalue weighted by atomic mass is 35.5. The van der Waals surface area contributed by atoms with E-state index >= 15 is 0 Å². The molecule has 1 N–H and O–H groups in total. The smallest absolute Gasteiger partial charge is 0.344 e. The molecule has 0 saturated heterocycles. The van der Waals surface area contributed by atoms with Gasteiger partial charge < -0.3 is 14.5 Å². The first-order valence-electron chi connectivity index (χ1n) is 9.22. The maximum atomic E-state index is 13.1. The van der Waals surface area contributed by atoms with Crippen LogP contribution in [-0.4, -0.2) is 33.0 Å². The van der Waals surface area contributed by atoms with E-state index in [0.717, 1.165) is 27.5 Å². The molecule has 2 aromatic heterocycles. The summed E-state index contributed by atoms with van der Waals surface area (Å²) in [6.45, 7) is -0.514. The van der Waals surface area contributed by atoms with Gasteiger partial charge in [0, 0.05) is 41.0 Å². The molecule has 0 radical (unpaired) electrons. The van der Waals surface area contributed by atoms with Crippen molar-refractivity contribution in [3.8, 4) is 11.1 Å². The number of aliphatic carboxylic acids is 1. The van der Waals surface area contributed by atoms with E-state index in [-0.39, 0.29) is 5.56 Å². The first kappa shape index (κ1) is 21.0. The quantitative estimate of drug-likeness (QED) is 0.354. The number of rotatable bonds is 5. The first-order chi connectivity index (χ1) is 14.8. The molecule has 0 fully saturated rings. The van der Waals surface area contributed by atoms with Gasteiger partial charge in [-0.05, 0) is 35.9 Å². The Balaban J connectivity index is 1.92. The lowest BCUT2D eigenvalue weighted by Gasteiger charge is -2.09. The number of carboxylic acid groups (broad SMARTS) is 1. The summed E-state index contributed by atoms with van der Waals surface area (Å²) in [5.41, 5.74) is 3.30. The minimum atomic E-state index is -1.10. The number of oxime groups is 1. The summed E-state index contributed by atoms with van der Waals surface area (Å²) in [7, 11) is 3.61. The zero-order chi connectivity index (χ0) is 22.3. The Morgan fingerprint density at radius 1 is 1.06 bits per heavy atom. The third kappa shape index (κ3) is 3.78. The molecule has 31 heavy (non-hydrogen) atoms. The number of aryl methyl sites for hydroxylation is 2. The van der Waals surface area contributed by atoms with Crippen LogP contribution in [0.4, 0.5) is 0 Å². The van der Waals surface area contributed by atoms with Crippen LogP contribution in [0, 0.1) is 0 Å². The summed E-state index contributed by atoms with van der Waals surface area (Å²) >= 11 is 12.4. The second-order valence-corrected chi connectivity index (χ2v) is 7.86. The molecule has 2 aromatic carbocycles. The lowest BCUT2D eigenvalue weighted by atomic mass is 10.0. The van der Waals surface area contributed by atoms with E-state index in [2.05, 4.69) is 5.16 Å². The van der Waals surface area contributed by atoms with E-state index in [0.29, 0.717) is 21.2 Å². The zero-order valence-corrected chi connectivity index (χ0v) is 18.1. The van der Waals surface area contributed by atoms with Crippen molar-refractivity contribution in [1.82, 2.24) is 9.13 Å². The number of carbonyl (C=O) groups is 1. The van der Waals surface area contributed by atoms with Crippen molar-refractivity contribution in [2.75, 3.05) is 6.61 Å². The predicted molar refractivity (Wildman–Crippen MR) is 122 cm³/mol. The minimum absolute atomic E-state index is 0.175. The van der Waals surface area contributed by atoms with E-state index < -0.39 is 12.6 Å². The summed E-state index contributed by atoms with van der Waals surface area (Å²) in [5.74, 6) is -1.10. The molecule has 0 saturated carbocycles. The molecule has 0 aliphatic rings. The molecule has 0 aliphatic heterocycles. The number of fused-ring (bicyclic) bond motifs is 3. The van der Waals surface area contributed by atoms with Gasteiger partial charge in [-0.15, -0.1) is 0 Å². The second-order valence-electron chi connectivity index (χ2n) is 7.02. The van der Waals surface area contributed by atoms with E-state index in [1.54, 1.807) is 29.8 Å². The highest BCUT2D eigenvalue weighted by Gasteiger charge is 2.17. The first-order valence-corrected chi connectivity index (χ1v) is 9.98. The van der Waals surface area contributed by atoms with E-state index in [1.165, 1.54) is 6.21 Å². The lowest BCUT2D eigenvalue weighted by Crippen LogP contribution is -2.20. The second kappa shape index (κ2) is 8.09. The summed E-state index contributed by atoms with van der Waals surface area (Å²) in [6, 6.07) is 12.5. The molecule has 0 unspecified atom stereocenters. The minimum Gasteiger partial charge on any atom is -0.479 e. The van der Waals surface area contributed by atoms with Gasteiger partial charge >= 0.3 is 5.97 Å². The number of nitrogens with zero attached hydrogens (tertiary/aromatic N) is 3. The number of benzene rings is 2. The Bertz CT molecular complexity index is 1440. The molecule has 4 rings (SSSR count). The van der Waals surface area contributed by atoms with Gasteiger partial charge in [0.1, 0.15) is 5.65 Å². The van der Waals surface area contributed by atoms with Crippen LogP contribution in [0.1, 0.15) is 5.56 Å². The Morgan fingerprint density at radius 2 is 1.84 bits per heavy atom. The van der Waals surface area contributed by atoms with Crippen LogP contribution in [-0.2, 0) is 23.7 Å². The fourth-order valence-corrected chi connectivity index (χ4v) is 4.19. The van der Waals surface area contributed by atoms with Gasteiger partial charge in [0.2, 0.25) is 6.61 Å². The van der Waals surface area contributed by atoms with Gasteiger partial charge in [-0.3, -0.25) is 9.36 Å². The SMILES string of the molecule is Cn1c(=O)c(-c2ccc(Cl)cc2Cl)cc2c3cc(/C=N\OCC(=O)O)ccc3n(C)c21. The fraction of sp³-hybridized carbons (Fsp3) is 0.136. The van der Waals surface area contributed by atoms with E-state index in [1.807, 2.05) is 35.9 Å². The van der Waals surface area contributed by atoms with Gasteiger partial charge in [0.15, 0.2) is 0 Å². The van der Waals surface area contributed by atoms with Gasteiger partial charge in [-0.25, -0.2) is 4.79 Å². The van der Waals surface area contributed by atoms with Crippen molar-refractivity contribution in [1.29, 1.82) is 0 Å². The van der Waals surface area contributed by atoms with Crippen LogP contribution in [0.15, 0.2) is 52.4 Å². The van der Waals surface area contributed by atoms with Crippen molar-refractivity contribution in [3.63, 3.8) is 0 Å². The van der Waals surface area contributed by atoms with E-state index in [9.17, 15) is 9.59 Å². The molecule has 0 bridgehead atoms. The highest BCUT2D eigenvalue weighted by Crippen LogP contribution is 2.33. The van der Waals surface area contributed by atoms with E-state index in [4.69, 9.17) is 33.1 Å². The molecule has 0 spiro atoms. The Morgan fingerprint density at radius 3 is 2.55 bits per heavy atom.